The van der Waals surface area contributed by atoms with Crippen molar-refractivity contribution in [2.75, 3.05) is 30.0 Å². The Bertz CT molecular complexity index is 900. The number of ether oxygens (including phenoxy) is 1. The number of morpholine rings is 1. The second-order valence-corrected chi connectivity index (χ2v) is 7.92. The Kier molecular flexibility index (Phi) is 5.38. The van der Waals surface area contributed by atoms with Gasteiger partial charge >= 0.3 is 6.09 Å². The Hall–Kier alpha value is -2.71. The summed E-state index contributed by atoms with van der Waals surface area (Å²) >= 11 is 0. The van der Waals surface area contributed by atoms with E-state index in [1.54, 1.807) is 12.1 Å². The molecule has 29 heavy (non-hydrogen) atoms. The van der Waals surface area contributed by atoms with E-state index in [1.807, 2.05) is 12.1 Å². The van der Waals surface area contributed by atoms with Gasteiger partial charge in [-0.3, -0.25) is 10.2 Å². The number of amides is 1. The van der Waals surface area contributed by atoms with Gasteiger partial charge in [-0.15, -0.1) is 0 Å². The minimum atomic E-state index is -1.07. The maximum atomic E-state index is 10.9. The molecular formula is C21H27N5O3. The zero-order valence-corrected chi connectivity index (χ0v) is 17.1. The van der Waals surface area contributed by atoms with E-state index >= 15 is 0 Å². The molecule has 8 nitrogen and oxygen atoms in total. The first-order valence-corrected chi connectivity index (χ1v) is 10.0. The van der Waals surface area contributed by atoms with Gasteiger partial charge in [-0.05, 0) is 32.9 Å². The Balaban J connectivity index is 1.74. The number of carboxylic acid groups (broad SMARTS) is 1. The van der Waals surface area contributed by atoms with Crippen LogP contribution in [0.15, 0.2) is 24.3 Å². The van der Waals surface area contributed by atoms with Crippen LogP contribution in [0.25, 0.3) is 11.3 Å². The number of carbonyl (C=O) groups is 1. The Morgan fingerprint density at radius 1 is 1.24 bits per heavy atom. The zero-order chi connectivity index (χ0) is 20.5. The number of nitrogens with zero attached hydrogens (tertiary/aromatic N) is 4. The van der Waals surface area contributed by atoms with Crippen LogP contribution in [0, 0.1) is 0 Å². The second kappa shape index (κ2) is 7.96. The third kappa shape index (κ3) is 4.04. The normalized spacial score (nSPS) is 19.4. The van der Waals surface area contributed by atoms with Gasteiger partial charge < -0.3 is 14.7 Å². The maximum Gasteiger partial charge on any atom is 0.409 e. The highest BCUT2D eigenvalue weighted by Gasteiger charge is 2.30. The monoisotopic (exact) mass is 397 g/mol. The van der Waals surface area contributed by atoms with Crippen LogP contribution in [-0.2, 0) is 17.8 Å². The van der Waals surface area contributed by atoms with Crippen LogP contribution in [0.1, 0.15) is 32.0 Å². The Morgan fingerprint density at radius 2 is 2.00 bits per heavy atom. The average molecular weight is 397 g/mol. The number of rotatable bonds is 4. The highest BCUT2D eigenvalue weighted by molar-refractivity contribution is 5.83. The largest absolute Gasteiger partial charge is 0.465 e. The van der Waals surface area contributed by atoms with Crippen LogP contribution in [0.2, 0.25) is 0 Å². The van der Waals surface area contributed by atoms with E-state index in [0.717, 1.165) is 48.1 Å². The van der Waals surface area contributed by atoms with E-state index in [0.29, 0.717) is 24.9 Å². The summed E-state index contributed by atoms with van der Waals surface area (Å²) in [4.78, 5) is 25.4. The van der Waals surface area contributed by atoms with E-state index in [2.05, 4.69) is 35.9 Å². The molecule has 0 bridgehead atoms. The van der Waals surface area contributed by atoms with Crippen molar-refractivity contribution in [1.29, 1.82) is 0 Å². The number of hydrogen-bond acceptors (Lipinski definition) is 6. The molecule has 2 N–H and O–H groups in total. The summed E-state index contributed by atoms with van der Waals surface area (Å²) < 4.78 is 5.57. The van der Waals surface area contributed by atoms with Crippen molar-refractivity contribution in [3.8, 4) is 11.3 Å². The average Bonchev–Trinajstić information content (AvgIpc) is 3.12. The van der Waals surface area contributed by atoms with E-state index in [-0.39, 0.29) is 6.04 Å². The predicted molar refractivity (Wildman–Crippen MR) is 111 cm³/mol. The van der Waals surface area contributed by atoms with Crippen LogP contribution in [-0.4, -0.2) is 57.9 Å². The van der Waals surface area contributed by atoms with Gasteiger partial charge in [0.15, 0.2) is 0 Å². The molecule has 154 valence electrons. The molecule has 0 saturated carbocycles. The molecule has 2 aliphatic rings. The van der Waals surface area contributed by atoms with Gasteiger partial charge in [-0.2, -0.15) is 0 Å². The third-order valence-corrected chi connectivity index (χ3v) is 5.56. The lowest BCUT2D eigenvalue weighted by Crippen LogP contribution is -2.44. The summed E-state index contributed by atoms with van der Waals surface area (Å²) in [6.07, 6.45) is -1.07. The van der Waals surface area contributed by atoms with E-state index < -0.39 is 6.09 Å². The van der Waals surface area contributed by atoms with Crippen molar-refractivity contribution in [2.24, 2.45) is 0 Å². The van der Waals surface area contributed by atoms with E-state index in [9.17, 15) is 4.79 Å². The molecule has 1 saturated heterocycles. The van der Waals surface area contributed by atoms with Gasteiger partial charge in [-0.25, -0.2) is 14.8 Å². The molecule has 1 amide bonds. The fourth-order valence-corrected chi connectivity index (χ4v) is 3.86. The maximum absolute atomic E-state index is 10.9. The second-order valence-electron chi connectivity index (χ2n) is 7.92. The van der Waals surface area contributed by atoms with Crippen LogP contribution >= 0.6 is 0 Å². The predicted octanol–water partition coefficient (Wildman–Crippen LogP) is 3.18. The van der Waals surface area contributed by atoms with Crippen LogP contribution < -0.4 is 10.2 Å². The van der Waals surface area contributed by atoms with Gasteiger partial charge in [0.25, 0.3) is 0 Å². The molecule has 2 aromatic rings. The summed E-state index contributed by atoms with van der Waals surface area (Å²) in [5.41, 5.74) is 4.66. The van der Waals surface area contributed by atoms with Gasteiger partial charge in [0.1, 0.15) is 0 Å². The highest BCUT2D eigenvalue weighted by atomic mass is 16.5. The zero-order valence-electron chi connectivity index (χ0n) is 17.1. The number of benzene rings is 1. The van der Waals surface area contributed by atoms with Crippen molar-refractivity contribution >= 4 is 17.7 Å². The standard InChI is InChI=1S/C21H27N5O3/c1-13(2)25-10-17-18(11-25)23-20(26-8-9-29-12-14(26)3)24-19(17)15-4-6-16(7-5-15)22-21(27)28/h4-7,13-14,22H,8-12H2,1-3H3,(H,27,28). The molecule has 0 radical (unpaired) electrons. The number of nitrogens with one attached hydrogen (secondary N) is 1. The molecule has 1 unspecified atom stereocenters. The SMILES string of the molecule is CC(C)N1Cc2nc(N3CCOCC3C)nc(-c3ccc(NC(=O)O)cc3)c2C1. The molecule has 0 spiro atoms. The molecule has 0 aliphatic carbocycles. The van der Waals surface area contributed by atoms with Gasteiger partial charge in [0.05, 0.1) is 30.6 Å². The molecule has 1 aromatic carbocycles. The minimum Gasteiger partial charge on any atom is -0.465 e. The first-order chi connectivity index (χ1) is 13.9. The summed E-state index contributed by atoms with van der Waals surface area (Å²) in [5.74, 6) is 0.743. The fraction of sp³-hybridized carbons (Fsp3) is 0.476. The number of aromatic nitrogens is 2. The molecule has 1 atom stereocenters. The highest BCUT2D eigenvalue weighted by Crippen LogP contribution is 2.34. The number of hydrogen-bond donors (Lipinski definition) is 2. The molecular weight excluding hydrogens is 370 g/mol. The molecule has 3 heterocycles. The first kappa shape index (κ1) is 19.6. The van der Waals surface area contributed by atoms with Crippen molar-refractivity contribution in [1.82, 2.24) is 14.9 Å². The van der Waals surface area contributed by atoms with Crippen LogP contribution in [0.5, 0.6) is 0 Å². The van der Waals surface area contributed by atoms with Gasteiger partial charge in [-0.1, -0.05) is 12.1 Å². The van der Waals surface area contributed by atoms with Crippen LogP contribution in [0.4, 0.5) is 16.4 Å². The third-order valence-electron chi connectivity index (χ3n) is 5.56. The quantitative estimate of drug-likeness (QED) is 0.819. The molecule has 4 rings (SSSR count). The Labute approximate surface area is 170 Å². The molecule has 1 fully saturated rings. The van der Waals surface area contributed by atoms with Crippen molar-refractivity contribution in [3.05, 3.63) is 35.5 Å². The van der Waals surface area contributed by atoms with Gasteiger partial charge in [0.2, 0.25) is 5.95 Å². The molecule has 2 aliphatic heterocycles. The number of anilines is 2. The molecule has 8 heteroatoms. The first-order valence-electron chi connectivity index (χ1n) is 10.0. The number of fused-ring (bicyclic) bond motifs is 1. The van der Waals surface area contributed by atoms with Crippen molar-refractivity contribution in [2.45, 2.75) is 45.9 Å². The Morgan fingerprint density at radius 3 is 2.66 bits per heavy atom. The smallest absolute Gasteiger partial charge is 0.409 e. The van der Waals surface area contributed by atoms with Crippen molar-refractivity contribution in [3.63, 3.8) is 0 Å². The summed E-state index contributed by atoms with van der Waals surface area (Å²) in [6, 6.07) is 8.01. The summed E-state index contributed by atoms with van der Waals surface area (Å²) in [7, 11) is 0. The minimum absolute atomic E-state index is 0.222. The van der Waals surface area contributed by atoms with Crippen molar-refractivity contribution < 1.29 is 14.6 Å². The lowest BCUT2D eigenvalue weighted by Gasteiger charge is -2.33. The topological polar surface area (TPSA) is 90.8 Å². The molecule has 1 aromatic heterocycles. The van der Waals surface area contributed by atoms with Crippen LogP contribution in [0.3, 0.4) is 0 Å². The van der Waals surface area contributed by atoms with Gasteiger partial charge in [0, 0.05) is 42.5 Å². The summed E-state index contributed by atoms with van der Waals surface area (Å²) in [6.45, 7) is 10.3. The lowest BCUT2D eigenvalue weighted by molar-refractivity contribution is 0.0980. The fourth-order valence-electron chi connectivity index (χ4n) is 3.86. The van der Waals surface area contributed by atoms with E-state index in [1.165, 1.54) is 0 Å². The summed E-state index contributed by atoms with van der Waals surface area (Å²) in [5, 5.41) is 11.3. The lowest BCUT2D eigenvalue weighted by atomic mass is 10.1. The van der Waals surface area contributed by atoms with E-state index in [4.69, 9.17) is 19.8 Å².